The lowest BCUT2D eigenvalue weighted by molar-refractivity contribution is -0.239. The summed E-state index contributed by atoms with van der Waals surface area (Å²) in [5, 5.41) is 32.8. The number of carbonyl (C=O) groups is 4. The van der Waals surface area contributed by atoms with Crippen LogP contribution in [-0.2, 0) is 47.6 Å². The lowest BCUT2D eigenvalue weighted by Crippen LogP contribution is -2.67. The molecule has 2 aliphatic carbocycles. The van der Waals surface area contributed by atoms with Gasteiger partial charge in [0.2, 0.25) is 11.9 Å². The van der Waals surface area contributed by atoms with Gasteiger partial charge in [-0.15, -0.1) is 0 Å². The Bertz CT molecular complexity index is 1060. The number of hydrogen-bond donors (Lipinski definition) is 3. The van der Waals surface area contributed by atoms with Crippen molar-refractivity contribution in [3.05, 3.63) is 0 Å². The molecule has 4 heterocycles. The normalized spacial score (nSPS) is 50.4. The third kappa shape index (κ3) is 2.44. The molecule has 3 N–H and O–H groups in total. The van der Waals surface area contributed by atoms with Gasteiger partial charge in [0.25, 0.3) is 0 Å². The van der Waals surface area contributed by atoms with Crippen LogP contribution in [0.1, 0.15) is 39.5 Å². The Morgan fingerprint density at radius 3 is 2.59 bits per heavy atom. The zero-order valence-corrected chi connectivity index (χ0v) is 20.4. The molecule has 0 aromatic carbocycles. The van der Waals surface area contributed by atoms with E-state index >= 15 is 0 Å². The predicted molar refractivity (Wildman–Crippen MR) is 114 cm³/mol. The maximum atomic E-state index is 13.6. The highest BCUT2D eigenvalue weighted by atomic mass is 16.8. The van der Waals surface area contributed by atoms with Crippen LogP contribution in [0.3, 0.4) is 0 Å². The zero-order valence-electron chi connectivity index (χ0n) is 20.4. The first-order valence-corrected chi connectivity index (χ1v) is 12.7. The first kappa shape index (κ1) is 25.0. The molecule has 204 valence electrons. The van der Waals surface area contributed by atoms with E-state index in [1.165, 1.54) is 6.92 Å². The van der Waals surface area contributed by atoms with E-state index in [0.29, 0.717) is 6.42 Å². The van der Waals surface area contributed by atoms with Crippen LogP contribution in [0, 0.1) is 22.7 Å². The van der Waals surface area contributed by atoms with Crippen LogP contribution >= 0.6 is 0 Å². The van der Waals surface area contributed by atoms with Crippen molar-refractivity contribution >= 4 is 23.9 Å². The molecule has 6 rings (SSSR count). The molecule has 11 atom stereocenters. The first-order chi connectivity index (χ1) is 17.6. The highest BCUT2D eigenvalue weighted by Crippen LogP contribution is 2.83. The fraction of sp³-hybridized carbons (Fsp3) is 0.833. The van der Waals surface area contributed by atoms with Crippen LogP contribution in [0.5, 0.6) is 0 Å². The summed E-state index contributed by atoms with van der Waals surface area (Å²) in [7, 11) is 0. The zero-order chi connectivity index (χ0) is 26.5. The number of aliphatic hydroxyl groups is 2. The largest absolute Gasteiger partial charge is 0.480 e. The molecule has 37 heavy (non-hydrogen) atoms. The molecular formula is C24H30O13. The number of aliphatic hydroxyl groups excluding tert-OH is 1. The second-order valence-corrected chi connectivity index (χ2v) is 10.9. The lowest BCUT2D eigenvalue weighted by atomic mass is 9.53. The summed E-state index contributed by atoms with van der Waals surface area (Å²) in [6.07, 6.45) is -4.34. The molecule has 13 heteroatoms. The molecule has 0 aromatic rings. The smallest absolute Gasteiger partial charge is 0.343 e. The molecule has 3 unspecified atom stereocenters. The Kier molecular flexibility index (Phi) is 5.30. The number of carboxylic acids is 1. The highest BCUT2D eigenvalue weighted by molar-refractivity contribution is 5.94. The number of fused-ring (bicyclic) bond motifs is 1. The number of unbranched alkanes of at least 4 members (excludes halogenated alkanes) is 1. The third-order valence-corrected chi connectivity index (χ3v) is 9.71. The molecule has 4 aliphatic heterocycles. The van der Waals surface area contributed by atoms with Gasteiger partial charge in [-0.2, -0.15) is 0 Å². The van der Waals surface area contributed by atoms with Gasteiger partial charge in [-0.3, -0.25) is 4.79 Å². The van der Waals surface area contributed by atoms with Crippen molar-refractivity contribution < 1.29 is 62.9 Å². The number of aliphatic carboxylic acids is 1. The summed E-state index contributed by atoms with van der Waals surface area (Å²) < 4.78 is 34.2. The van der Waals surface area contributed by atoms with E-state index in [1.807, 2.05) is 6.92 Å². The van der Waals surface area contributed by atoms with Crippen molar-refractivity contribution in [1.29, 1.82) is 0 Å². The standard InChI is InChI=1S/C24H30O13/c1-3-4-5-11-8-12-22-14(27)15-23(31,10(2)17(28)35-15)24(22,19(30)34-12)37-20-21(11,22)16(18(29)36-20)33-7-6-32-9-13(25)26/h10-12,14-16,20,27,31H,3-9H2,1-2H3,(H,25,26)/t10?,11-,12?,14+,15+,16+,20+,21?,22+,23-,24-/m1/s1. The van der Waals surface area contributed by atoms with Gasteiger partial charge in [0, 0.05) is 0 Å². The minimum Gasteiger partial charge on any atom is -0.480 e. The Balaban J connectivity index is 1.49. The Hall–Kier alpha value is -2.32. The molecule has 4 saturated heterocycles. The second-order valence-electron chi connectivity index (χ2n) is 10.9. The average molecular weight is 526 g/mol. The van der Waals surface area contributed by atoms with E-state index in [0.717, 1.165) is 12.8 Å². The van der Waals surface area contributed by atoms with E-state index in [4.69, 9.17) is 33.5 Å². The number of carbonyl (C=O) groups excluding carboxylic acids is 3. The minimum atomic E-state index is -2.27. The molecule has 0 aromatic heterocycles. The maximum Gasteiger partial charge on any atom is 0.343 e. The summed E-state index contributed by atoms with van der Waals surface area (Å²) in [6, 6.07) is 0. The Morgan fingerprint density at radius 2 is 1.89 bits per heavy atom. The maximum absolute atomic E-state index is 13.6. The second kappa shape index (κ2) is 7.85. The summed E-state index contributed by atoms with van der Waals surface area (Å²) in [5.74, 6) is -5.27. The molecule has 6 aliphatic rings. The molecule has 2 saturated carbocycles. The molecule has 2 spiro atoms. The number of esters is 3. The summed E-state index contributed by atoms with van der Waals surface area (Å²) in [5.41, 5.74) is -7.65. The van der Waals surface area contributed by atoms with E-state index in [-0.39, 0.29) is 25.6 Å². The minimum absolute atomic E-state index is 0.141. The molecule has 0 radical (unpaired) electrons. The van der Waals surface area contributed by atoms with Crippen molar-refractivity contribution in [3.63, 3.8) is 0 Å². The number of rotatable bonds is 9. The molecule has 13 nitrogen and oxygen atoms in total. The van der Waals surface area contributed by atoms with Crippen LogP contribution in [0.2, 0.25) is 0 Å². The van der Waals surface area contributed by atoms with Crippen molar-refractivity contribution in [2.45, 2.75) is 81.4 Å². The van der Waals surface area contributed by atoms with Gasteiger partial charge in [-0.25, -0.2) is 14.4 Å². The Labute approximate surface area is 211 Å². The highest BCUT2D eigenvalue weighted by Gasteiger charge is 3.03. The van der Waals surface area contributed by atoms with Crippen LogP contribution in [-0.4, -0.2) is 101 Å². The van der Waals surface area contributed by atoms with Gasteiger partial charge >= 0.3 is 23.9 Å². The quantitative estimate of drug-likeness (QED) is 0.187. The van der Waals surface area contributed by atoms with Crippen molar-refractivity contribution in [2.75, 3.05) is 19.8 Å². The van der Waals surface area contributed by atoms with Crippen LogP contribution in [0.4, 0.5) is 0 Å². The third-order valence-electron chi connectivity index (χ3n) is 9.71. The molecule has 0 amide bonds. The van der Waals surface area contributed by atoms with E-state index in [9.17, 15) is 29.4 Å². The van der Waals surface area contributed by atoms with Gasteiger partial charge < -0.3 is 43.7 Å². The van der Waals surface area contributed by atoms with Crippen molar-refractivity contribution in [3.8, 4) is 0 Å². The molecular weight excluding hydrogens is 496 g/mol. The topological polar surface area (TPSA) is 184 Å². The number of hydrogen-bond acceptors (Lipinski definition) is 12. The van der Waals surface area contributed by atoms with Gasteiger partial charge in [0.1, 0.15) is 18.8 Å². The fourth-order valence-corrected chi connectivity index (χ4v) is 8.57. The monoisotopic (exact) mass is 526 g/mol. The summed E-state index contributed by atoms with van der Waals surface area (Å²) in [6.45, 7) is 2.53. The van der Waals surface area contributed by atoms with Crippen LogP contribution < -0.4 is 0 Å². The Morgan fingerprint density at radius 1 is 1.14 bits per heavy atom. The van der Waals surface area contributed by atoms with Gasteiger partial charge in [-0.1, -0.05) is 19.8 Å². The number of ether oxygens (including phenoxy) is 6. The van der Waals surface area contributed by atoms with E-state index < -0.39 is 89.1 Å². The van der Waals surface area contributed by atoms with Gasteiger partial charge in [-0.05, 0) is 25.7 Å². The predicted octanol–water partition coefficient (Wildman–Crippen LogP) is -1.10. The lowest BCUT2D eigenvalue weighted by Gasteiger charge is -2.45. The summed E-state index contributed by atoms with van der Waals surface area (Å²) >= 11 is 0. The van der Waals surface area contributed by atoms with Crippen molar-refractivity contribution in [2.24, 2.45) is 22.7 Å². The van der Waals surface area contributed by atoms with E-state index in [2.05, 4.69) is 0 Å². The SMILES string of the molecule is CCCC[C@@H]1CC2OC(=O)[C@@]34O[C@@H]5OC(=O)[C@H](OCCOCC(=O)O)C15[C@@]23[C@@H](O)[C@@H]1OC(=O)C(C)[C@@]14O. The van der Waals surface area contributed by atoms with Gasteiger partial charge in [0.15, 0.2) is 17.8 Å². The van der Waals surface area contributed by atoms with Crippen LogP contribution in [0.25, 0.3) is 0 Å². The molecule has 0 bridgehead atoms. The van der Waals surface area contributed by atoms with Crippen molar-refractivity contribution in [1.82, 2.24) is 0 Å². The van der Waals surface area contributed by atoms with Gasteiger partial charge in [0.05, 0.1) is 30.0 Å². The fourth-order valence-electron chi connectivity index (χ4n) is 8.57. The van der Waals surface area contributed by atoms with Crippen LogP contribution in [0.15, 0.2) is 0 Å². The average Bonchev–Trinajstić information content (AvgIpc) is 3.55. The summed E-state index contributed by atoms with van der Waals surface area (Å²) in [4.78, 5) is 50.2. The molecule has 6 fully saturated rings. The number of carboxylic acid groups (broad SMARTS) is 1. The first-order valence-electron chi connectivity index (χ1n) is 12.7. The van der Waals surface area contributed by atoms with E-state index in [1.54, 1.807) is 0 Å².